The van der Waals surface area contributed by atoms with Crippen LogP contribution < -0.4 is 0 Å². The third-order valence-electron chi connectivity index (χ3n) is 1.58. The van der Waals surface area contributed by atoms with Gasteiger partial charge in [0.1, 0.15) is 0 Å². The second kappa shape index (κ2) is 4.72. The lowest BCUT2D eigenvalue weighted by molar-refractivity contribution is 0.187. The largest absolute Gasteiger partial charge is 0.388 e. The van der Waals surface area contributed by atoms with Gasteiger partial charge < -0.3 is 5.11 Å². The summed E-state index contributed by atoms with van der Waals surface area (Å²) in [6.45, 7) is 0.000231. The molecule has 1 atom stereocenters. The summed E-state index contributed by atoms with van der Waals surface area (Å²) >= 11 is 5.80. The first-order valence-corrected chi connectivity index (χ1v) is 4.07. The monoisotopic (exact) mass is 197 g/mol. The molecular formula is C8H8ClN3O. The Hall–Kier alpha value is -1.22. The zero-order chi connectivity index (χ0) is 9.68. The van der Waals surface area contributed by atoms with Crippen LogP contribution in [0.1, 0.15) is 11.7 Å². The predicted molar refractivity (Wildman–Crippen MR) is 50.4 cm³/mol. The quantitative estimate of drug-likeness (QED) is 0.452. The first-order chi connectivity index (χ1) is 6.25. The molecule has 0 bridgehead atoms. The van der Waals surface area contributed by atoms with E-state index in [9.17, 15) is 5.11 Å². The number of aliphatic hydroxyl groups excluding tert-OH is 1. The maximum atomic E-state index is 9.48. The van der Waals surface area contributed by atoms with Crippen LogP contribution in [0.4, 0.5) is 0 Å². The van der Waals surface area contributed by atoms with Gasteiger partial charge in [-0.25, -0.2) is 0 Å². The Balaban J connectivity index is 2.81. The fourth-order valence-corrected chi connectivity index (χ4v) is 1.22. The van der Waals surface area contributed by atoms with Crippen molar-refractivity contribution in [1.82, 2.24) is 0 Å². The van der Waals surface area contributed by atoms with Crippen LogP contribution in [0.5, 0.6) is 0 Å². The van der Waals surface area contributed by atoms with Gasteiger partial charge in [0, 0.05) is 9.93 Å². The lowest BCUT2D eigenvalue weighted by Crippen LogP contribution is -2.01. The SMILES string of the molecule is [N-]=[N+]=NCC(O)c1ccccc1Cl. The van der Waals surface area contributed by atoms with E-state index >= 15 is 0 Å². The minimum absolute atomic E-state index is 0.000231. The molecule has 13 heavy (non-hydrogen) atoms. The summed E-state index contributed by atoms with van der Waals surface area (Å²) < 4.78 is 0. The number of azide groups is 1. The van der Waals surface area contributed by atoms with Crippen LogP contribution in [0, 0.1) is 0 Å². The molecule has 1 aromatic carbocycles. The van der Waals surface area contributed by atoms with E-state index in [1.54, 1.807) is 24.3 Å². The van der Waals surface area contributed by atoms with E-state index in [2.05, 4.69) is 10.0 Å². The van der Waals surface area contributed by atoms with E-state index in [0.717, 1.165) is 0 Å². The smallest absolute Gasteiger partial charge is 0.0860 e. The molecular weight excluding hydrogens is 190 g/mol. The summed E-state index contributed by atoms with van der Waals surface area (Å²) in [7, 11) is 0. The van der Waals surface area contributed by atoms with Crippen LogP contribution in [0.3, 0.4) is 0 Å². The minimum Gasteiger partial charge on any atom is -0.388 e. The molecule has 0 radical (unpaired) electrons. The van der Waals surface area contributed by atoms with E-state index in [1.165, 1.54) is 0 Å². The van der Waals surface area contributed by atoms with Crippen molar-refractivity contribution in [3.05, 3.63) is 45.3 Å². The lowest BCUT2D eigenvalue weighted by Gasteiger charge is -2.08. The first-order valence-electron chi connectivity index (χ1n) is 3.69. The third-order valence-corrected chi connectivity index (χ3v) is 1.93. The van der Waals surface area contributed by atoms with Crippen molar-refractivity contribution in [1.29, 1.82) is 0 Å². The molecule has 1 rings (SSSR count). The second-order valence-corrected chi connectivity index (χ2v) is 2.86. The van der Waals surface area contributed by atoms with Gasteiger partial charge in [-0.3, -0.25) is 0 Å². The summed E-state index contributed by atoms with van der Waals surface area (Å²) in [5.41, 5.74) is 8.63. The van der Waals surface area contributed by atoms with Crippen molar-refractivity contribution in [3.8, 4) is 0 Å². The molecule has 0 spiro atoms. The van der Waals surface area contributed by atoms with Gasteiger partial charge in [0.25, 0.3) is 0 Å². The number of benzene rings is 1. The summed E-state index contributed by atoms with van der Waals surface area (Å²) in [6, 6.07) is 6.91. The molecule has 0 amide bonds. The molecule has 0 fully saturated rings. The van der Waals surface area contributed by atoms with Gasteiger partial charge in [0.05, 0.1) is 12.6 Å². The molecule has 0 saturated carbocycles. The highest BCUT2D eigenvalue weighted by atomic mass is 35.5. The summed E-state index contributed by atoms with van der Waals surface area (Å²) in [5.74, 6) is 0. The van der Waals surface area contributed by atoms with E-state index in [4.69, 9.17) is 17.1 Å². The van der Waals surface area contributed by atoms with Crippen molar-refractivity contribution in [2.24, 2.45) is 5.11 Å². The fraction of sp³-hybridized carbons (Fsp3) is 0.250. The van der Waals surface area contributed by atoms with Gasteiger partial charge in [-0.05, 0) is 17.2 Å². The molecule has 0 aromatic heterocycles. The highest BCUT2D eigenvalue weighted by Crippen LogP contribution is 2.22. The Morgan fingerprint density at radius 2 is 2.23 bits per heavy atom. The molecule has 0 aliphatic heterocycles. The molecule has 68 valence electrons. The van der Waals surface area contributed by atoms with Gasteiger partial charge in [-0.2, -0.15) is 0 Å². The Labute approximate surface area is 80.4 Å². The molecule has 0 heterocycles. The minimum atomic E-state index is -0.829. The molecule has 1 unspecified atom stereocenters. The van der Waals surface area contributed by atoms with Crippen LogP contribution in [-0.4, -0.2) is 11.7 Å². The number of nitrogens with zero attached hydrogens (tertiary/aromatic N) is 3. The Bertz CT molecular complexity index is 336. The molecule has 1 aromatic rings. The number of hydrogen-bond acceptors (Lipinski definition) is 2. The maximum absolute atomic E-state index is 9.48. The average molecular weight is 198 g/mol. The van der Waals surface area contributed by atoms with Crippen molar-refractivity contribution in [3.63, 3.8) is 0 Å². The number of halogens is 1. The van der Waals surface area contributed by atoms with Crippen molar-refractivity contribution in [2.45, 2.75) is 6.10 Å². The van der Waals surface area contributed by atoms with Crippen molar-refractivity contribution in [2.75, 3.05) is 6.54 Å². The van der Waals surface area contributed by atoms with E-state index in [1.807, 2.05) is 0 Å². The van der Waals surface area contributed by atoms with Gasteiger partial charge in [0.2, 0.25) is 0 Å². The zero-order valence-corrected chi connectivity index (χ0v) is 7.52. The third kappa shape index (κ3) is 2.63. The second-order valence-electron chi connectivity index (χ2n) is 2.45. The Morgan fingerprint density at radius 1 is 1.54 bits per heavy atom. The molecule has 0 saturated heterocycles. The van der Waals surface area contributed by atoms with E-state index in [-0.39, 0.29) is 6.54 Å². The maximum Gasteiger partial charge on any atom is 0.0860 e. The Morgan fingerprint density at radius 3 is 2.85 bits per heavy atom. The fourth-order valence-electron chi connectivity index (χ4n) is 0.958. The highest BCUT2D eigenvalue weighted by molar-refractivity contribution is 6.31. The van der Waals surface area contributed by atoms with Gasteiger partial charge in [-0.1, -0.05) is 34.9 Å². The summed E-state index contributed by atoms with van der Waals surface area (Å²) in [5, 5.41) is 13.2. The van der Waals surface area contributed by atoms with Gasteiger partial charge in [0.15, 0.2) is 0 Å². The lowest BCUT2D eigenvalue weighted by atomic mass is 10.1. The first kappa shape index (κ1) is 9.86. The summed E-state index contributed by atoms with van der Waals surface area (Å²) in [6.07, 6.45) is -0.829. The standard InChI is InChI=1S/C8H8ClN3O/c9-7-4-2-1-3-6(7)8(13)5-11-12-10/h1-4,8,13H,5H2. The average Bonchev–Trinajstić information content (AvgIpc) is 2.15. The molecule has 1 N–H and O–H groups in total. The van der Waals surface area contributed by atoms with Gasteiger partial charge in [-0.15, -0.1) is 0 Å². The van der Waals surface area contributed by atoms with Crippen LogP contribution in [0.25, 0.3) is 10.4 Å². The summed E-state index contributed by atoms with van der Waals surface area (Å²) in [4.78, 5) is 2.55. The van der Waals surface area contributed by atoms with Crippen LogP contribution in [0.2, 0.25) is 5.02 Å². The van der Waals surface area contributed by atoms with Crippen LogP contribution in [-0.2, 0) is 0 Å². The predicted octanol–water partition coefficient (Wildman–Crippen LogP) is 2.68. The normalized spacial score (nSPS) is 11.8. The topological polar surface area (TPSA) is 69.0 Å². The number of aliphatic hydroxyl groups is 1. The number of hydrogen-bond donors (Lipinski definition) is 1. The highest BCUT2D eigenvalue weighted by Gasteiger charge is 2.08. The van der Waals surface area contributed by atoms with Crippen molar-refractivity contribution < 1.29 is 5.11 Å². The van der Waals surface area contributed by atoms with Crippen LogP contribution >= 0.6 is 11.6 Å². The van der Waals surface area contributed by atoms with Gasteiger partial charge >= 0.3 is 0 Å². The van der Waals surface area contributed by atoms with E-state index < -0.39 is 6.10 Å². The van der Waals surface area contributed by atoms with Crippen LogP contribution in [0.15, 0.2) is 29.4 Å². The number of rotatable bonds is 3. The molecule has 0 aliphatic rings. The molecule has 0 aliphatic carbocycles. The van der Waals surface area contributed by atoms with E-state index in [0.29, 0.717) is 10.6 Å². The molecule has 4 nitrogen and oxygen atoms in total. The van der Waals surface area contributed by atoms with Crippen molar-refractivity contribution >= 4 is 11.6 Å². The molecule has 5 heteroatoms. The Kier molecular flexibility index (Phi) is 3.58. The zero-order valence-electron chi connectivity index (χ0n) is 6.76.